The predicted octanol–water partition coefficient (Wildman–Crippen LogP) is 1.39. The van der Waals surface area contributed by atoms with Gasteiger partial charge in [0.15, 0.2) is 0 Å². The van der Waals surface area contributed by atoms with Crippen LogP contribution in [0.2, 0.25) is 0 Å². The van der Waals surface area contributed by atoms with Crippen LogP contribution in [0.1, 0.15) is 32.1 Å². The van der Waals surface area contributed by atoms with Gasteiger partial charge in [0.2, 0.25) is 5.91 Å². The molecule has 1 aliphatic rings. The van der Waals surface area contributed by atoms with E-state index in [1.165, 1.54) is 16.7 Å². The molecule has 1 heterocycles. The van der Waals surface area contributed by atoms with Crippen molar-refractivity contribution in [1.29, 1.82) is 0 Å². The maximum Gasteiger partial charge on any atom is 0.326 e. The van der Waals surface area contributed by atoms with E-state index in [1.807, 2.05) is 30.3 Å². The van der Waals surface area contributed by atoms with Crippen LogP contribution < -0.4 is 11.1 Å². The fourth-order valence-electron chi connectivity index (χ4n) is 3.39. The van der Waals surface area contributed by atoms with Crippen molar-refractivity contribution in [1.82, 2.24) is 10.2 Å². The van der Waals surface area contributed by atoms with Gasteiger partial charge in [-0.25, -0.2) is 4.79 Å². The molecule has 0 aliphatic carbocycles. The van der Waals surface area contributed by atoms with E-state index < -0.39 is 30.1 Å². The number of aliphatic carboxylic acids is 2. The lowest BCUT2D eigenvalue weighted by Crippen LogP contribution is -2.54. The van der Waals surface area contributed by atoms with Crippen LogP contribution in [-0.2, 0) is 14.4 Å². The Morgan fingerprint density at radius 3 is 2.52 bits per heavy atom. The monoisotopic (exact) mass is 423 g/mol. The van der Waals surface area contributed by atoms with Crippen LogP contribution >= 0.6 is 11.8 Å². The molecule has 160 valence electrons. The number of rotatable bonds is 12. The lowest BCUT2D eigenvalue weighted by molar-refractivity contribution is -0.149. The minimum atomic E-state index is -1.04. The summed E-state index contributed by atoms with van der Waals surface area (Å²) < 4.78 is 0. The molecule has 1 aromatic carbocycles. The average molecular weight is 424 g/mol. The summed E-state index contributed by atoms with van der Waals surface area (Å²) in [4.78, 5) is 38.6. The van der Waals surface area contributed by atoms with E-state index in [-0.39, 0.29) is 11.7 Å². The van der Waals surface area contributed by atoms with E-state index in [2.05, 4.69) is 5.32 Å². The third-order valence-corrected chi connectivity index (χ3v) is 6.03. The van der Waals surface area contributed by atoms with Gasteiger partial charge in [0, 0.05) is 17.2 Å². The molecule has 29 heavy (non-hydrogen) atoms. The lowest BCUT2D eigenvalue weighted by atomic mass is 10.1. The number of nitrogens with one attached hydrogen (secondary N) is 1. The number of carbonyl (C=O) groups excluding carboxylic acids is 1. The Balaban J connectivity index is 2.08. The van der Waals surface area contributed by atoms with E-state index in [0.29, 0.717) is 45.2 Å². The summed E-state index contributed by atoms with van der Waals surface area (Å²) in [6.07, 6.45) is 2.83. The van der Waals surface area contributed by atoms with Gasteiger partial charge in [-0.3, -0.25) is 14.9 Å². The van der Waals surface area contributed by atoms with Gasteiger partial charge in [-0.1, -0.05) is 24.6 Å². The fourth-order valence-corrected chi connectivity index (χ4v) is 4.34. The summed E-state index contributed by atoms with van der Waals surface area (Å²) in [6.45, 7) is 0.857. The molecule has 0 aromatic heterocycles. The molecule has 5 N–H and O–H groups in total. The van der Waals surface area contributed by atoms with Crippen LogP contribution in [0, 0.1) is 0 Å². The van der Waals surface area contributed by atoms with Gasteiger partial charge in [-0.15, -0.1) is 11.8 Å². The molecule has 8 nitrogen and oxygen atoms in total. The van der Waals surface area contributed by atoms with Crippen LogP contribution in [0.15, 0.2) is 35.2 Å². The summed E-state index contributed by atoms with van der Waals surface area (Å²) in [5.74, 6) is -2.15. The van der Waals surface area contributed by atoms with Crippen molar-refractivity contribution in [3.63, 3.8) is 0 Å². The van der Waals surface area contributed by atoms with Crippen LogP contribution in [0.3, 0.4) is 0 Å². The topological polar surface area (TPSA) is 133 Å². The summed E-state index contributed by atoms with van der Waals surface area (Å²) in [5, 5.41) is 22.0. The van der Waals surface area contributed by atoms with E-state index >= 15 is 0 Å². The molecule has 1 fully saturated rings. The maximum atomic E-state index is 13.1. The Labute approximate surface area is 174 Å². The second-order valence-electron chi connectivity index (χ2n) is 7.05. The lowest BCUT2D eigenvalue weighted by Gasteiger charge is -2.29. The van der Waals surface area contributed by atoms with Crippen molar-refractivity contribution in [3.8, 4) is 0 Å². The van der Waals surface area contributed by atoms with Gasteiger partial charge < -0.3 is 20.8 Å². The molecule has 1 aliphatic heterocycles. The number of benzene rings is 1. The Bertz CT molecular complexity index is 688. The molecule has 0 radical (unpaired) electrons. The number of carboxylic acids is 2. The first-order valence-corrected chi connectivity index (χ1v) is 10.8. The van der Waals surface area contributed by atoms with Crippen LogP contribution in [-0.4, -0.2) is 69.9 Å². The molecule has 1 saturated heterocycles. The molecular weight excluding hydrogens is 394 g/mol. The molecule has 1 aromatic rings. The Kier molecular flexibility index (Phi) is 9.43. The van der Waals surface area contributed by atoms with Gasteiger partial charge >= 0.3 is 11.9 Å². The molecule has 1 amide bonds. The fraction of sp³-hybridized carbons (Fsp3) is 0.550. The van der Waals surface area contributed by atoms with E-state index in [0.717, 1.165) is 4.90 Å². The minimum absolute atomic E-state index is 0.252. The predicted molar refractivity (Wildman–Crippen MR) is 111 cm³/mol. The highest BCUT2D eigenvalue weighted by molar-refractivity contribution is 7.99. The van der Waals surface area contributed by atoms with Crippen molar-refractivity contribution in [3.05, 3.63) is 30.3 Å². The zero-order valence-corrected chi connectivity index (χ0v) is 17.1. The summed E-state index contributed by atoms with van der Waals surface area (Å²) >= 11 is 1.39. The summed E-state index contributed by atoms with van der Waals surface area (Å²) in [6, 6.07) is 6.91. The van der Waals surface area contributed by atoms with Gasteiger partial charge in [-0.2, -0.15) is 0 Å². The number of nitrogens with two attached hydrogens (primary N) is 1. The third-order valence-electron chi connectivity index (χ3n) is 4.93. The number of carbonyl (C=O) groups is 3. The number of hydrogen-bond acceptors (Lipinski definition) is 6. The summed E-state index contributed by atoms with van der Waals surface area (Å²) in [5.41, 5.74) is 5.55. The maximum absolute atomic E-state index is 13.1. The van der Waals surface area contributed by atoms with E-state index in [4.69, 9.17) is 5.73 Å². The molecule has 1 unspecified atom stereocenters. The van der Waals surface area contributed by atoms with Crippen LogP contribution in [0.5, 0.6) is 0 Å². The Morgan fingerprint density at radius 2 is 1.90 bits per heavy atom. The largest absolute Gasteiger partial charge is 0.480 e. The van der Waals surface area contributed by atoms with Crippen molar-refractivity contribution in [2.45, 2.75) is 55.1 Å². The molecular formula is C20H29N3O5S. The molecule has 9 heteroatoms. The Hall–Kier alpha value is -2.10. The van der Waals surface area contributed by atoms with Gasteiger partial charge in [0.1, 0.15) is 12.1 Å². The highest BCUT2D eigenvalue weighted by Crippen LogP contribution is 2.21. The van der Waals surface area contributed by atoms with Crippen LogP contribution in [0.4, 0.5) is 0 Å². The number of carboxylic acid groups (broad SMARTS) is 2. The van der Waals surface area contributed by atoms with Crippen molar-refractivity contribution < 1.29 is 24.6 Å². The van der Waals surface area contributed by atoms with E-state index in [9.17, 15) is 24.6 Å². The van der Waals surface area contributed by atoms with Crippen molar-refractivity contribution in [2.24, 2.45) is 5.73 Å². The zero-order chi connectivity index (χ0) is 21.2. The minimum Gasteiger partial charge on any atom is -0.480 e. The molecule has 0 spiro atoms. The second-order valence-corrected chi connectivity index (χ2v) is 8.14. The normalized spacial score (nSPS) is 18.4. The molecule has 0 bridgehead atoms. The van der Waals surface area contributed by atoms with E-state index in [1.54, 1.807) is 0 Å². The Morgan fingerprint density at radius 1 is 1.17 bits per heavy atom. The van der Waals surface area contributed by atoms with Gasteiger partial charge in [0.25, 0.3) is 0 Å². The number of hydrogen-bond donors (Lipinski definition) is 4. The van der Waals surface area contributed by atoms with Gasteiger partial charge in [0.05, 0.1) is 6.04 Å². The number of nitrogens with zero attached hydrogens (tertiary/aromatic N) is 1. The smallest absolute Gasteiger partial charge is 0.326 e. The molecule has 2 rings (SSSR count). The van der Waals surface area contributed by atoms with Crippen LogP contribution in [0.25, 0.3) is 0 Å². The van der Waals surface area contributed by atoms with Crippen molar-refractivity contribution >= 4 is 29.6 Å². The number of amides is 1. The third kappa shape index (κ3) is 7.02. The zero-order valence-electron chi connectivity index (χ0n) is 16.3. The number of likely N-dealkylation sites (tertiary alicyclic amines) is 1. The first-order valence-electron chi connectivity index (χ1n) is 9.84. The first kappa shape index (κ1) is 23.2. The second kappa shape index (κ2) is 11.8. The highest BCUT2D eigenvalue weighted by Gasteiger charge is 2.38. The van der Waals surface area contributed by atoms with Gasteiger partial charge in [-0.05, 0) is 44.4 Å². The molecule has 0 saturated carbocycles. The standard InChI is InChI=1S/C20H29N3O5S/c21-11-5-4-9-15(18(24)23-12-6-10-17(23)20(27)28)22-16(19(25)26)13-29-14-7-2-1-3-8-14/h1-3,7-8,15-17,22H,4-6,9-13,21H2,(H,25,26)(H,27,28)/t15-,16?,17-/m0/s1. The number of thioether (sulfide) groups is 1. The highest BCUT2D eigenvalue weighted by atomic mass is 32.2. The quantitative estimate of drug-likeness (QED) is 0.293. The van der Waals surface area contributed by atoms with Crippen molar-refractivity contribution in [2.75, 3.05) is 18.8 Å². The molecule has 3 atom stereocenters. The SMILES string of the molecule is NCCCC[C@H](NC(CSc1ccccc1)C(=O)O)C(=O)N1CCC[C@H]1C(=O)O. The first-order chi connectivity index (χ1) is 13.9. The summed E-state index contributed by atoms with van der Waals surface area (Å²) in [7, 11) is 0. The average Bonchev–Trinajstić information content (AvgIpc) is 3.20. The number of unbranched alkanes of at least 4 members (excludes halogenated alkanes) is 1.